The van der Waals surface area contributed by atoms with Crippen molar-refractivity contribution in [2.45, 2.75) is 68.2 Å². The lowest BCUT2D eigenvalue weighted by molar-refractivity contribution is -0.140. The number of anilines is 2. The maximum absolute atomic E-state index is 13.8. The molecule has 270 valence electrons. The Kier molecular flexibility index (Phi) is 13.2. The average Bonchev–Trinajstić information content (AvgIpc) is 3.40. The second kappa shape index (κ2) is 16.9. The summed E-state index contributed by atoms with van der Waals surface area (Å²) in [5.41, 5.74) is 1.58. The van der Waals surface area contributed by atoms with Gasteiger partial charge in [-0.05, 0) is 68.4 Å². The van der Waals surface area contributed by atoms with Crippen LogP contribution in [-0.2, 0) is 26.0 Å². The van der Waals surface area contributed by atoms with E-state index < -0.39 is 29.6 Å². The number of nitrogens with one attached hydrogen (secondary N) is 2. The number of halogens is 4. The summed E-state index contributed by atoms with van der Waals surface area (Å²) in [6.45, 7) is 2.62. The molecule has 4 N–H and O–H groups in total. The van der Waals surface area contributed by atoms with Crippen LogP contribution < -0.4 is 20.5 Å². The molecule has 4 rings (SSSR count). The van der Waals surface area contributed by atoms with Crippen LogP contribution in [0.5, 0.6) is 5.75 Å². The minimum Gasteiger partial charge on any atom is -0.461 e. The van der Waals surface area contributed by atoms with Gasteiger partial charge in [0.15, 0.2) is 0 Å². The van der Waals surface area contributed by atoms with E-state index in [1.165, 1.54) is 12.1 Å². The Labute approximate surface area is 285 Å². The maximum Gasteiger partial charge on any atom is 0.406 e. The molecule has 3 aromatic rings. The van der Waals surface area contributed by atoms with Crippen molar-refractivity contribution in [2.75, 3.05) is 64.6 Å². The van der Waals surface area contributed by atoms with E-state index in [0.717, 1.165) is 61.5 Å². The van der Waals surface area contributed by atoms with E-state index in [1.54, 1.807) is 32.4 Å². The lowest BCUT2D eigenvalue weighted by Gasteiger charge is -2.48. The molecule has 15 heteroatoms. The number of rotatable bonds is 16. The normalized spacial score (nSPS) is 18.3. The summed E-state index contributed by atoms with van der Waals surface area (Å²) in [6, 6.07) is 10.7. The zero-order valence-corrected chi connectivity index (χ0v) is 28.9. The number of methoxy groups -OCH3 is 2. The third kappa shape index (κ3) is 10.0. The van der Waals surface area contributed by atoms with Gasteiger partial charge in [0.05, 0.1) is 41.6 Å². The van der Waals surface area contributed by atoms with Crippen molar-refractivity contribution in [3.05, 3.63) is 48.2 Å². The van der Waals surface area contributed by atoms with Crippen molar-refractivity contribution in [2.24, 2.45) is 5.14 Å². The SMILES string of the molecule is CCC1(N(CCOC)CCOC)CCC(Nc2cccc3c2cc(C#CCNc2ccc(S(N)(=O)=O)cc2OCF)n3CC(F)(F)F)CC1. The summed E-state index contributed by atoms with van der Waals surface area (Å²) in [6.07, 6.45) is 0.227. The summed E-state index contributed by atoms with van der Waals surface area (Å²) in [5.74, 6) is 5.56. The van der Waals surface area contributed by atoms with E-state index >= 15 is 0 Å². The molecule has 0 unspecified atom stereocenters. The van der Waals surface area contributed by atoms with Crippen molar-refractivity contribution in [1.82, 2.24) is 9.47 Å². The van der Waals surface area contributed by atoms with Crippen LogP contribution in [-0.4, -0.2) is 89.6 Å². The zero-order chi connectivity index (χ0) is 35.7. The highest BCUT2D eigenvalue weighted by Gasteiger charge is 2.39. The summed E-state index contributed by atoms with van der Waals surface area (Å²) >= 11 is 0. The fraction of sp³-hybridized carbons (Fsp3) is 0.529. The lowest BCUT2D eigenvalue weighted by atomic mass is 9.76. The van der Waals surface area contributed by atoms with Crippen molar-refractivity contribution in [3.63, 3.8) is 0 Å². The third-order valence-corrected chi connectivity index (χ3v) is 10.0. The molecule has 1 fully saturated rings. The molecular formula is C34H45F4N5O5S. The van der Waals surface area contributed by atoms with E-state index in [9.17, 15) is 26.0 Å². The van der Waals surface area contributed by atoms with Gasteiger partial charge in [0.1, 0.15) is 12.3 Å². The molecule has 49 heavy (non-hydrogen) atoms. The molecule has 1 aliphatic rings. The highest BCUT2D eigenvalue weighted by atomic mass is 32.2. The molecule has 2 aromatic carbocycles. The van der Waals surface area contributed by atoms with Crippen LogP contribution in [0.4, 0.5) is 28.9 Å². The Morgan fingerprint density at radius 3 is 2.35 bits per heavy atom. The fourth-order valence-electron chi connectivity index (χ4n) is 6.54. The largest absolute Gasteiger partial charge is 0.461 e. The van der Waals surface area contributed by atoms with Gasteiger partial charge >= 0.3 is 6.18 Å². The number of hydrogen-bond donors (Lipinski definition) is 3. The average molecular weight is 712 g/mol. The van der Waals surface area contributed by atoms with Crippen LogP contribution >= 0.6 is 0 Å². The minimum atomic E-state index is -4.49. The smallest absolute Gasteiger partial charge is 0.406 e. The van der Waals surface area contributed by atoms with E-state index in [-0.39, 0.29) is 40.2 Å². The first-order valence-electron chi connectivity index (χ1n) is 16.1. The number of fused-ring (bicyclic) bond motifs is 1. The highest BCUT2D eigenvalue weighted by molar-refractivity contribution is 7.89. The van der Waals surface area contributed by atoms with Gasteiger partial charge in [-0.1, -0.05) is 18.9 Å². The molecule has 0 saturated heterocycles. The number of hydrogen-bond acceptors (Lipinski definition) is 8. The predicted octanol–water partition coefficient (Wildman–Crippen LogP) is 5.72. The third-order valence-electron chi connectivity index (χ3n) is 9.09. The number of sulfonamides is 1. The van der Waals surface area contributed by atoms with Crippen LogP contribution in [0.2, 0.25) is 0 Å². The van der Waals surface area contributed by atoms with Gasteiger partial charge in [0, 0.05) is 56.0 Å². The van der Waals surface area contributed by atoms with Gasteiger partial charge in [-0.2, -0.15) is 13.2 Å². The number of primary sulfonamides is 1. The molecule has 1 aromatic heterocycles. The fourth-order valence-corrected chi connectivity index (χ4v) is 7.07. The Morgan fingerprint density at radius 1 is 1.06 bits per heavy atom. The predicted molar refractivity (Wildman–Crippen MR) is 182 cm³/mol. The standard InChI is InChI=1S/C34H45F4N5O5S/c1-4-33(42(17-19-46-2)18-20-47-3)14-12-25(13-15-33)41-29-8-5-9-31-28(29)21-26(43(31)23-34(36,37)38)7-6-16-40-30-11-10-27(49(39,44)45)22-32(30)48-24-35/h5,8-11,21-22,25,40-41H,4,12-20,23-24H2,1-3H3,(H2,39,44,45). The number of aromatic nitrogens is 1. The number of ether oxygens (including phenoxy) is 3. The summed E-state index contributed by atoms with van der Waals surface area (Å²) in [5, 5.41) is 12.3. The van der Waals surface area contributed by atoms with Crippen LogP contribution in [0, 0.1) is 11.8 Å². The van der Waals surface area contributed by atoms with Gasteiger partial charge < -0.3 is 29.4 Å². The summed E-state index contributed by atoms with van der Waals surface area (Å²) in [7, 11) is -0.652. The van der Waals surface area contributed by atoms with E-state index in [4.69, 9.17) is 19.3 Å². The van der Waals surface area contributed by atoms with Gasteiger partial charge in [0.2, 0.25) is 16.9 Å². The molecule has 0 bridgehead atoms. The Morgan fingerprint density at radius 2 is 1.76 bits per heavy atom. The van der Waals surface area contributed by atoms with Crippen LogP contribution in [0.3, 0.4) is 0 Å². The number of alkyl halides is 4. The first-order chi connectivity index (χ1) is 23.3. The molecule has 1 heterocycles. The first-order valence-corrected chi connectivity index (χ1v) is 17.7. The second-order valence-corrected chi connectivity index (χ2v) is 13.6. The van der Waals surface area contributed by atoms with Crippen LogP contribution in [0.1, 0.15) is 44.7 Å². The minimum absolute atomic E-state index is 0.0248. The molecule has 0 radical (unpaired) electrons. The number of benzene rings is 2. The van der Waals surface area contributed by atoms with Crippen molar-refractivity contribution in [3.8, 4) is 17.6 Å². The Hall–Kier alpha value is -3.55. The van der Waals surface area contributed by atoms with Crippen LogP contribution in [0.15, 0.2) is 47.4 Å². The number of nitrogens with two attached hydrogens (primary N) is 1. The van der Waals surface area contributed by atoms with Crippen LogP contribution in [0.25, 0.3) is 10.9 Å². The first kappa shape index (κ1) is 38.3. The maximum atomic E-state index is 13.8. The molecule has 0 aliphatic heterocycles. The van der Waals surface area contributed by atoms with Crippen molar-refractivity contribution < 1.29 is 40.2 Å². The molecular weight excluding hydrogens is 666 g/mol. The highest BCUT2D eigenvalue weighted by Crippen LogP contribution is 2.39. The summed E-state index contributed by atoms with van der Waals surface area (Å²) in [4.78, 5) is 2.21. The quantitative estimate of drug-likeness (QED) is 0.128. The second-order valence-electron chi connectivity index (χ2n) is 12.1. The lowest BCUT2D eigenvalue weighted by Crippen LogP contribution is -2.54. The Balaban J connectivity index is 1.54. The Bertz CT molecular complexity index is 1710. The summed E-state index contributed by atoms with van der Waals surface area (Å²) < 4.78 is 94.4. The number of nitrogens with zero attached hydrogens (tertiary/aromatic N) is 2. The van der Waals surface area contributed by atoms with Gasteiger partial charge in [-0.25, -0.2) is 17.9 Å². The molecule has 0 atom stereocenters. The van der Waals surface area contributed by atoms with Crippen molar-refractivity contribution in [1.29, 1.82) is 0 Å². The molecule has 10 nitrogen and oxygen atoms in total. The van der Waals surface area contributed by atoms with E-state index in [0.29, 0.717) is 24.1 Å². The molecule has 0 amide bonds. The monoisotopic (exact) mass is 711 g/mol. The van der Waals surface area contributed by atoms with E-state index in [2.05, 4.69) is 34.3 Å². The topological polar surface area (TPSA) is 120 Å². The van der Waals surface area contributed by atoms with Gasteiger partial charge in [-0.3, -0.25) is 4.90 Å². The van der Waals surface area contributed by atoms with Gasteiger partial charge in [0.25, 0.3) is 0 Å². The van der Waals surface area contributed by atoms with Gasteiger partial charge in [-0.15, -0.1) is 0 Å². The van der Waals surface area contributed by atoms with Crippen molar-refractivity contribution >= 4 is 32.3 Å². The molecule has 0 spiro atoms. The molecule has 1 saturated carbocycles. The molecule has 1 aliphatic carbocycles. The van der Waals surface area contributed by atoms with E-state index in [1.807, 2.05) is 6.07 Å². The zero-order valence-electron chi connectivity index (χ0n) is 28.0.